The van der Waals surface area contributed by atoms with Gasteiger partial charge in [-0.25, -0.2) is 9.50 Å². The minimum Gasteiger partial charge on any atom is -0.393 e. The standard InChI is InChI=1S/C12H16N4O/c1-9(17)10-3-6-15(8-10)11-4-7-16-12(14-11)2-5-13-16/h2,4-5,7,9-10,17H,3,6,8H2,1H3. The fourth-order valence-electron chi connectivity index (χ4n) is 2.37. The molecule has 1 aliphatic rings. The molecule has 0 aromatic carbocycles. The van der Waals surface area contributed by atoms with Crippen molar-refractivity contribution in [2.75, 3.05) is 18.0 Å². The van der Waals surface area contributed by atoms with E-state index in [1.54, 1.807) is 10.7 Å². The first-order valence-corrected chi connectivity index (χ1v) is 5.97. The number of aliphatic hydroxyl groups is 1. The fourth-order valence-corrected chi connectivity index (χ4v) is 2.37. The monoisotopic (exact) mass is 232 g/mol. The van der Waals surface area contributed by atoms with Crippen molar-refractivity contribution in [2.45, 2.75) is 19.4 Å². The molecule has 90 valence electrons. The molecule has 0 spiro atoms. The highest BCUT2D eigenvalue weighted by atomic mass is 16.3. The second-order valence-corrected chi connectivity index (χ2v) is 4.66. The van der Waals surface area contributed by atoms with E-state index in [1.165, 1.54) is 0 Å². The minimum atomic E-state index is -0.237. The maximum absolute atomic E-state index is 9.59. The topological polar surface area (TPSA) is 53.7 Å². The van der Waals surface area contributed by atoms with Gasteiger partial charge in [0.1, 0.15) is 5.82 Å². The van der Waals surface area contributed by atoms with Crippen molar-refractivity contribution < 1.29 is 5.11 Å². The van der Waals surface area contributed by atoms with Crippen LogP contribution in [0.15, 0.2) is 24.5 Å². The largest absolute Gasteiger partial charge is 0.393 e. The molecule has 3 rings (SSSR count). The van der Waals surface area contributed by atoms with E-state index >= 15 is 0 Å². The molecule has 1 saturated heterocycles. The molecule has 2 unspecified atom stereocenters. The van der Waals surface area contributed by atoms with Gasteiger partial charge in [0.15, 0.2) is 5.65 Å². The fraction of sp³-hybridized carbons (Fsp3) is 0.500. The summed E-state index contributed by atoms with van der Waals surface area (Å²) in [4.78, 5) is 6.78. The van der Waals surface area contributed by atoms with Crippen LogP contribution in [-0.2, 0) is 0 Å². The highest BCUT2D eigenvalue weighted by molar-refractivity contribution is 5.47. The number of aliphatic hydroxyl groups excluding tert-OH is 1. The zero-order valence-corrected chi connectivity index (χ0v) is 9.82. The molecule has 1 N–H and O–H groups in total. The number of aromatic nitrogens is 3. The number of hydrogen-bond acceptors (Lipinski definition) is 4. The van der Waals surface area contributed by atoms with Gasteiger partial charge in [-0.05, 0) is 19.4 Å². The van der Waals surface area contributed by atoms with Crippen LogP contribution in [0.5, 0.6) is 0 Å². The van der Waals surface area contributed by atoms with Crippen LogP contribution >= 0.6 is 0 Å². The van der Waals surface area contributed by atoms with Crippen molar-refractivity contribution in [1.82, 2.24) is 14.6 Å². The average Bonchev–Trinajstić information content (AvgIpc) is 2.97. The van der Waals surface area contributed by atoms with Crippen molar-refractivity contribution in [3.05, 3.63) is 24.5 Å². The normalized spacial score (nSPS) is 22.2. The van der Waals surface area contributed by atoms with Crippen LogP contribution in [0.3, 0.4) is 0 Å². The average molecular weight is 232 g/mol. The van der Waals surface area contributed by atoms with Crippen LogP contribution in [-0.4, -0.2) is 38.9 Å². The third-order valence-electron chi connectivity index (χ3n) is 3.47. The molecule has 1 aliphatic heterocycles. The van der Waals surface area contributed by atoms with Gasteiger partial charge in [-0.1, -0.05) is 0 Å². The molecule has 3 heterocycles. The summed E-state index contributed by atoms with van der Waals surface area (Å²) in [6, 6.07) is 3.87. The van der Waals surface area contributed by atoms with Gasteiger partial charge in [0, 0.05) is 31.3 Å². The molecule has 2 atom stereocenters. The predicted octanol–water partition coefficient (Wildman–Crippen LogP) is 0.936. The molecular weight excluding hydrogens is 216 g/mol. The first-order chi connectivity index (χ1) is 8.24. The maximum Gasteiger partial charge on any atom is 0.157 e. The third-order valence-corrected chi connectivity index (χ3v) is 3.47. The summed E-state index contributed by atoms with van der Waals surface area (Å²) in [6.45, 7) is 3.71. The first-order valence-electron chi connectivity index (χ1n) is 5.97. The van der Waals surface area contributed by atoms with Gasteiger partial charge < -0.3 is 10.0 Å². The second kappa shape index (κ2) is 4.00. The van der Waals surface area contributed by atoms with Crippen LogP contribution in [0.1, 0.15) is 13.3 Å². The van der Waals surface area contributed by atoms with E-state index in [-0.39, 0.29) is 6.10 Å². The van der Waals surface area contributed by atoms with Gasteiger partial charge in [-0.2, -0.15) is 5.10 Å². The van der Waals surface area contributed by atoms with E-state index in [4.69, 9.17) is 0 Å². The van der Waals surface area contributed by atoms with E-state index in [1.807, 2.05) is 25.3 Å². The van der Waals surface area contributed by atoms with Crippen LogP contribution in [0.4, 0.5) is 5.82 Å². The molecule has 17 heavy (non-hydrogen) atoms. The van der Waals surface area contributed by atoms with Gasteiger partial charge in [0.25, 0.3) is 0 Å². The van der Waals surface area contributed by atoms with E-state index in [9.17, 15) is 5.11 Å². The Morgan fingerprint density at radius 2 is 2.35 bits per heavy atom. The summed E-state index contributed by atoms with van der Waals surface area (Å²) < 4.78 is 1.76. The van der Waals surface area contributed by atoms with Crippen LogP contribution < -0.4 is 4.90 Å². The number of hydrogen-bond donors (Lipinski definition) is 1. The third kappa shape index (κ3) is 1.86. The molecular formula is C12H16N4O. The molecule has 5 nitrogen and oxygen atoms in total. The van der Waals surface area contributed by atoms with Gasteiger partial charge in [-0.3, -0.25) is 0 Å². The van der Waals surface area contributed by atoms with Crippen molar-refractivity contribution in [1.29, 1.82) is 0 Å². The molecule has 0 bridgehead atoms. The van der Waals surface area contributed by atoms with Crippen LogP contribution in [0.25, 0.3) is 5.65 Å². The number of nitrogens with zero attached hydrogens (tertiary/aromatic N) is 4. The van der Waals surface area contributed by atoms with Gasteiger partial charge in [0.05, 0.1) is 12.3 Å². The van der Waals surface area contributed by atoms with Crippen LogP contribution in [0, 0.1) is 5.92 Å². The van der Waals surface area contributed by atoms with Crippen molar-refractivity contribution in [3.63, 3.8) is 0 Å². The summed E-state index contributed by atoms with van der Waals surface area (Å²) in [7, 11) is 0. The van der Waals surface area contributed by atoms with Gasteiger partial charge in [-0.15, -0.1) is 0 Å². The van der Waals surface area contributed by atoms with Crippen molar-refractivity contribution >= 4 is 11.5 Å². The van der Waals surface area contributed by atoms with E-state index in [0.717, 1.165) is 31.0 Å². The van der Waals surface area contributed by atoms with Gasteiger partial charge in [0.2, 0.25) is 0 Å². The number of anilines is 1. The summed E-state index contributed by atoms with van der Waals surface area (Å²) in [5.41, 5.74) is 0.864. The van der Waals surface area contributed by atoms with Crippen molar-refractivity contribution in [3.8, 4) is 0 Å². The Morgan fingerprint density at radius 3 is 3.12 bits per heavy atom. The first kappa shape index (κ1) is 10.5. The van der Waals surface area contributed by atoms with Crippen molar-refractivity contribution in [2.24, 2.45) is 5.92 Å². The van der Waals surface area contributed by atoms with E-state index in [0.29, 0.717) is 5.92 Å². The second-order valence-electron chi connectivity index (χ2n) is 4.66. The molecule has 0 aliphatic carbocycles. The molecule has 2 aromatic heterocycles. The number of rotatable bonds is 2. The molecule has 5 heteroatoms. The lowest BCUT2D eigenvalue weighted by Gasteiger charge is -2.18. The predicted molar refractivity (Wildman–Crippen MR) is 65.0 cm³/mol. The Balaban J connectivity index is 1.84. The summed E-state index contributed by atoms with van der Waals surface area (Å²) in [6.07, 6.45) is 4.46. The molecule has 0 amide bonds. The Labute approximate surface area is 99.7 Å². The number of fused-ring (bicyclic) bond motifs is 1. The highest BCUT2D eigenvalue weighted by Gasteiger charge is 2.26. The Bertz CT molecular complexity index is 522. The SMILES string of the molecule is CC(O)C1CCN(c2ccn3nccc3n2)C1. The zero-order valence-electron chi connectivity index (χ0n) is 9.82. The Kier molecular flexibility index (Phi) is 2.48. The highest BCUT2D eigenvalue weighted by Crippen LogP contribution is 2.24. The lowest BCUT2D eigenvalue weighted by atomic mass is 10.0. The lowest BCUT2D eigenvalue weighted by Crippen LogP contribution is -2.24. The van der Waals surface area contributed by atoms with Gasteiger partial charge >= 0.3 is 0 Å². The minimum absolute atomic E-state index is 0.237. The van der Waals surface area contributed by atoms with E-state index in [2.05, 4.69) is 15.0 Å². The smallest absolute Gasteiger partial charge is 0.157 e. The molecule has 2 aromatic rings. The molecule has 0 saturated carbocycles. The summed E-state index contributed by atoms with van der Waals surface area (Å²) in [5.74, 6) is 1.33. The Morgan fingerprint density at radius 1 is 1.47 bits per heavy atom. The quantitative estimate of drug-likeness (QED) is 0.837. The summed E-state index contributed by atoms with van der Waals surface area (Å²) in [5, 5.41) is 13.7. The maximum atomic E-state index is 9.59. The Hall–Kier alpha value is -1.62. The molecule has 0 radical (unpaired) electrons. The summed E-state index contributed by atoms with van der Waals surface area (Å²) >= 11 is 0. The lowest BCUT2D eigenvalue weighted by molar-refractivity contribution is 0.136. The van der Waals surface area contributed by atoms with Crippen LogP contribution in [0.2, 0.25) is 0 Å². The molecule has 1 fully saturated rings. The zero-order chi connectivity index (χ0) is 11.8. The van der Waals surface area contributed by atoms with E-state index < -0.39 is 0 Å².